The highest BCUT2D eigenvalue weighted by atomic mass is 16.4. The van der Waals surface area contributed by atoms with Crippen molar-refractivity contribution in [3.8, 4) is 0 Å². The van der Waals surface area contributed by atoms with Gasteiger partial charge in [-0.25, -0.2) is 4.79 Å². The average Bonchev–Trinajstić information content (AvgIpc) is 3.08. The zero-order valence-electron chi connectivity index (χ0n) is 32.0. The van der Waals surface area contributed by atoms with E-state index >= 15 is 0 Å². The molecule has 3 amide bonds. The number of carboxylic acid groups (broad SMARTS) is 2. The number of carbonyl (C=O) groups excluding carboxylic acids is 3. The molecule has 0 aromatic rings. The number of carbonyl (C=O) groups is 5. The van der Waals surface area contributed by atoms with Crippen molar-refractivity contribution in [3.05, 3.63) is 0 Å². The minimum Gasteiger partial charge on any atom is -0.481 e. The lowest BCUT2D eigenvalue weighted by Gasteiger charge is -2.22. The minimum atomic E-state index is -1.42. The highest BCUT2D eigenvalue weighted by Gasteiger charge is 2.27. The fraction of sp³-hybridized carbons (Fsp3) is 0.875. The zero-order valence-corrected chi connectivity index (χ0v) is 32.0. The first kappa shape index (κ1) is 47.4. The number of amides is 3. The molecule has 0 bridgehead atoms. The molecule has 2 atom stereocenters. The van der Waals surface area contributed by atoms with Crippen molar-refractivity contribution in [2.75, 3.05) is 6.54 Å². The number of carboxylic acids is 2. The number of unbranched alkanes of at least 4 members (excludes halogenated alkanes) is 24. The number of aliphatic carboxylic acids is 2. The Morgan fingerprint density at radius 1 is 0.440 bits per heavy atom. The Labute approximate surface area is 304 Å². The van der Waals surface area contributed by atoms with Crippen LogP contribution in [0.5, 0.6) is 0 Å². The second kappa shape index (κ2) is 34.8. The molecule has 0 fully saturated rings. The summed E-state index contributed by atoms with van der Waals surface area (Å²) in [6, 6.07) is -2.58. The molecule has 0 aromatic carbocycles. The Morgan fingerprint density at radius 2 is 0.800 bits per heavy atom. The van der Waals surface area contributed by atoms with E-state index in [0.29, 0.717) is 12.8 Å². The van der Waals surface area contributed by atoms with Crippen molar-refractivity contribution < 1.29 is 34.2 Å². The number of nitrogens with one attached hydrogen (secondary N) is 3. The molecule has 0 rings (SSSR count). The summed E-state index contributed by atoms with van der Waals surface area (Å²) in [7, 11) is 0. The number of hydrogen-bond donors (Lipinski definition) is 5. The number of hydrogen-bond acceptors (Lipinski definition) is 5. The maximum atomic E-state index is 13.0. The lowest BCUT2D eigenvalue weighted by molar-refractivity contribution is -0.143. The maximum absolute atomic E-state index is 13.0. The summed E-state index contributed by atoms with van der Waals surface area (Å²) in [5.74, 6) is -3.85. The van der Waals surface area contributed by atoms with Gasteiger partial charge in [0.2, 0.25) is 17.7 Å². The molecule has 2 unspecified atom stereocenters. The van der Waals surface area contributed by atoms with E-state index in [-0.39, 0.29) is 31.2 Å². The van der Waals surface area contributed by atoms with Crippen LogP contribution in [-0.2, 0) is 24.0 Å². The Morgan fingerprint density at radius 3 is 1.16 bits per heavy atom. The van der Waals surface area contributed by atoms with Gasteiger partial charge in [0.05, 0.1) is 0 Å². The van der Waals surface area contributed by atoms with Crippen LogP contribution in [0.4, 0.5) is 0 Å². The van der Waals surface area contributed by atoms with Crippen LogP contribution in [0.25, 0.3) is 0 Å². The third-order valence-electron chi connectivity index (χ3n) is 9.43. The molecule has 0 aliphatic heterocycles. The first-order valence-electron chi connectivity index (χ1n) is 20.5. The van der Waals surface area contributed by atoms with E-state index < -0.39 is 36.4 Å². The van der Waals surface area contributed by atoms with Gasteiger partial charge in [0.15, 0.2) is 0 Å². The second-order valence-corrected chi connectivity index (χ2v) is 14.2. The van der Waals surface area contributed by atoms with Crippen LogP contribution in [0.2, 0.25) is 0 Å². The van der Waals surface area contributed by atoms with Crippen molar-refractivity contribution in [2.24, 2.45) is 0 Å². The van der Waals surface area contributed by atoms with E-state index in [9.17, 15) is 29.1 Å². The molecule has 10 heteroatoms. The molecule has 0 spiro atoms. The third-order valence-corrected chi connectivity index (χ3v) is 9.43. The van der Waals surface area contributed by atoms with Crippen LogP contribution in [0.3, 0.4) is 0 Å². The molecule has 0 radical (unpaired) electrons. The summed E-state index contributed by atoms with van der Waals surface area (Å²) in [6.45, 7) is 4.30. The van der Waals surface area contributed by atoms with Crippen LogP contribution in [0, 0.1) is 0 Å². The standard InChI is InChI=1S/C40H75N3O7/c1-3-5-7-9-11-13-15-17-19-21-23-25-27-29-36(44)41-33-35(39(48)43-34(40(49)50)31-32-38(46)47)42-37(45)30-28-26-24-22-20-18-16-14-12-10-8-6-4-2/h34-35H,3-33H2,1-2H3,(H,41,44)(H,42,45)(H,43,48)(H,46,47)(H,49,50). The number of rotatable bonds is 37. The van der Waals surface area contributed by atoms with Gasteiger partial charge >= 0.3 is 11.9 Å². The summed E-state index contributed by atoms with van der Waals surface area (Å²) in [4.78, 5) is 61.0. The van der Waals surface area contributed by atoms with Crippen LogP contribution in [0.1, 0.15) is 206 Å². The maximum Gasteiger partial charge on any atom is 0.326 e. The van der Waals surface area contributed by atoms with Gasteiger partial charge in [-0.1, -0.05) is 168 Å². The van der Waals surface area contributed by atoms with Crippen LogP contribution in [-0.4, -0.2) is 58.5 Å². The van der Waals surface area contributed by atoms with Gasteiger partial charge in [-0.2, -0.15) is 0 Å². The normalized spacial score (nSPS) is 12.3. The Balaban J connectivity index is 4.49. The Bertz CT molecular complexity index is 883. The summed E-state index contributed by atoms with van der Waals surface area (Å²) >= 11 is 0. The average molecular weight is 710 g/mol. The highest BCUT2D eigenvalue weighted by molar-refractivity contribution is 5.91. The smallest absolute Gasteiger partial charge is 0.326 e. The van der Waals surface area contributed by atoms with Crippen LogP contribution >= 0.6 is 0 Å². The Kier molecular flexibility index (Phi) is 32.9. The molecule has 292 valence electrons. The molecular weight excluding hydrogens is 634 g/mol. The van der Waals surface area contributed by atoms with Crippen LogP contribution < -0.4 is 16.0 Å². The largest absolute Gasteiger partial charge is 0.481 e. The summed E-state index contributed by atoms with van der Waals surface area (Å²) in [5.41, 5.74) is 0. The first-order chi connectivity index (χ1) is 24.2. The minimum absolute atomic E-state index is 0.168. The highest BCUT2D eigenvalue weighted by Crippen LogP contribution is 2.14. The summed E-state index contributed by atoms with van der Waals surface area (Å²) in [5, 5.41) is 26.2. The van der Waals surface area contributed by atoms with E-state index in [4.69, 9.17) is 5.11 Å². The van der Waals surface area contributed by atoms with E-state index in [1.54, 1.807) is 0 Å². The summed E-state index contributed by atoms with van der Waals surface area (Å²) < 4.78 is 0. The van der Waals surface area contributed by atoms with Crippen molar-refractivity contribution in [1.82, 2.24) is 16.0 Å². The van der Waals surface area contributed by atoms with Gasteiger partial charge in [-0.05, 0) is 19.3 Å². The fourth-order valence-electron chi connectivity index (χ4n) is 6.18. The first-order valence-corrected chi connectivity index (χ1v) is 20.5. The predicted octanol–water partition coefficient (Wildman–Crippen LogP) is 8.98. The lowest BCUT2D eigenvalue weighted by atomic mass is 10.0. The lowest BCUT2D eigenvalue weighted by Crippen LogP contribution is -2.55. The molecule has 5 N–H and O–H groups in total. The topological polar surface area (TPSA) is 162 Å². The van der Waals surface area contributed by atoms with Crippen molar-refractivity contribution >= 4 is 29.7 Å². The van der Waals surface area contributed by atoms with Crippen molar-refractivity contribution in [3.63, 3.8) is 0 Å². The molecule has 0 saturated carbocycles. The van der Waals surface area contributed by atoms with E-state index in [0.717, 1.165) is 44.9 Å². The Hall–Kier alpha value is -2.65. The monoisotopic (exact) mass is 710 g/mol. The third kappa shape index (κ3) is 31.3. The van der Waals surface area contributed by atoms with Gasteiger partial charge < -0.3 is 26.2 Å². The predicted molar refractivity (Wildman–Crippen MR) is 202 cm³/mol. The fourth-order valence-corrected chi connectivity index (χ4v) is 6.18. The molecule has 50 heavy (non-hydrogen) atoms. The van der Waals surface area contributed by atoms with Gasteiger partial charge in [-0.3, -0.25) is 19.2 Å². The van der Waals surface area contributed by atoms with E-state index in [1.165, 1.54) is 116 Å². The van der Waals surface area contributed by atoms with E-state index in [2.05, 4.69) is 29.8 Å². The summed E-state index contributed by atoms with van der Waals surface area (Å²) in [6.07, 6.45) is 31.0. The van der Waals surface area contributed by atoms with Gasteiger partial charge in [0.25, 0.3) is 0 Å². The van der Waals surface area contributed by atoms with E-state index in [1.807, 2.05) is 0 Å². The SMILES string of the molecule is CCCCCCCCCCCCCCCC(=O)NCC(NC(=O)CCCCCCCCCCCCCCC)C(=O)NC(CCC(=O)O)C(=O)O. The van der Waals surface area contributed by atoms with Gasteiger partial charge in [0, 0.05) is 25.8 Å². The molecule has 10 nitrogen and oxygen atoms in total. The van der Waals surface area contributed by atoms with Gasteiger partial charge in [-0.15, -0.1) is 0 Å². The quantitative estimate of drug-likeness (QED) is 0.0402. The molecule has 0 aliphatic rings. The molecular formula is C40H75N3O7. The van der Waals surface area contributed by atoms with Crippen molar-refractivity contribution in [1.29, 1.82) is 0 Å². The molecule has 0 aliphatic carbocycles. The van der Waals surface area contributed by atoms with Gasteiger partial charge in [0.1, 0.15) is 12.1 Å². The zero-order chi connectivity index (χ0) is 37.1. The molecule has 0 aromatic heterocycles. The molecule has 0 saturated heterocycles. The van der Waals surface area contributed by atoms with Crippen LogP contribution in [0.15, 0.2) is 0 Å². The molecule has 0 heterocycles. The second-order valence-electron chi connectivity index (χ2n) is 14.2. The van der Waals surface area contributed by atoms with Crippen molar-refractivity contribution in [2.45, 2.75) is 219 Å².